The first kappa shape index (κ1) is 9.70. The van der Waals surface area contributed by atoms with Crippen molar-refractivity contribution in [2.45, 2.75) is 6.18 Å². The number of rotatable bonds is 1. The van der Waals surface area contributed by atoms with Gasteiger partial charge in [-0.3, -0.25) is 9.78 Å². The van der Waals surface area contributed by atoms with Gasteiger partial charge in [-0.05, 0) is 12.1 Å². The van der Waals surface area contributed by atoms with E-state index in [9.17, 15) is 18.0 Å². The van der Waals surface area contributed by atoms with Crippen LogP contribution in [-0.2, 0) is 0 Å². The number of nitrogens with one attached hydrogen (secondary N) is 1. The average molecular weight is 214 g/mol. The fourth-order valence-corrected chi connectivity index (χ4v) is 1.28. The molecule has 0 radical (unpaired) electrons. The number of ketones is 1. The first-order chi connectivity index (χ1) is 7.00. The summed E-state index contributed by atoms with van der Waals surface area (Å²) in [6.45, 7) is 0. The Labute approximate surface area is 81.9 Å². The van der Waals surface area contributed by atoms with Crippen LogP contribution in [-0.4, -0.2) is 21.9 Å². The fourth-order valence-electron chi connectivity index (χ4n) is 1.28. The molecule has 0 amide bonds. The number of halogens is 3. The quantitative estimate of drug-likeness (QED) is 0.740. The Morgan fingerprint density at radius 1 is 1.40 bits per heavy atom. The summed E-state index contributed by atoms with van der Waals surface area (Å²) in [5.74, 6) is -1.88. The van der Waals surface area contributed by atoms with Gasteiger partial charge in [-0.1, -0.05) is 0 Å². The molecule has 0 aromatic carbocycles. The minimum Gasteiger partial charge on any atom is -0.359 e. The number of H-pyrrole nitrogens is 1. The Kier molecular flexibility index (Phi) is 1.99. The van der Waals surface area contributed by atoms with Gasteiger partial charge in [-0.25, -0.2) is 0 Å². The predicted octanol–water partition coefficient (Wildman–Crippen LogP) is 2.31. The Morgan fingerprint density at radius 3 is 2.80 bits per heavy atom. The lowest BCUT2D eigenvalue weighted by Gasteiger charge is -2.02. The number of pyridine rings is 1. The molecule has 0 saturated carbocycles. The zero-order valence-electron chi connectivity index (χ0n) is 7.30. The van der Waals surface area contributed by atoms with Crippen LogP contribution in [0, 0.1) is 0 Å². The highest BCUT2D eigenvalue weighted by molar-refractivity contribution is 6.09. The number of carbonyl (C=O) groups excluding carboxylic acids is 1. The molecule has 0 aliphatic carbocycles. The summed E-state index contributed by atoms with van der Waals surface area (Å²) in [6, 6.07) is 3.12. The smallest absolute Gasteiger partial charge is 0.359 e. The molecular formula is C9H5F3N2O. The van der Waals surface area contributed by atoms with Gasteiger partial charge in [0, 0.05) is 12.4 Å². The number of alkyl halides is 3. The van der Waals surface area contributed by atoms with Gasteiger partial charge in [0.1, 0.15) is 0 Å². The molecule has 0 bridgehead atoms. The van der Waals surface area contributed by atoms with E-state index in [1.807, 2.05) is 0 Å². The molecule has 0 spiro atoms. The second-order valence-electron chi connectivity index (χ2n) is 2.93. The summed E-state index contributed by atoms with van der Waals surface area (Å²) in [4.78, 5) is 17.2. The van der Waals surface area contributed by atoms with E-state index in [1.54, 1.807) is 12.1 Å². The van der Waals surface area contributed by atoms with Crippen LogP contribution in [0.25, 0.3) is 11.0 Å². The molecule has 6 heteroatoms. The van der Waals surface area contributed by atoms with E-state index in [-0.39, 0.29) is 5.52 Å². The second kappa shape index (κ2) is 3.08. The maximum Gasteiger partial charge on any atom is 0.455 e. The maximum absolute atomic E-state index is 12.1. The third-order valence-electron chi connectivity index (χ3n) is 1.94. The lowest BCUT2D eigenvalue weighted by molar-refractivity contribution is -0.0884. The number of Topliss-reactive ketones (excluding diaryl/α,β-unsaturated/α-hetero) is 1. The van der Waals surface area contributed by atoms with Gasteiger partial charge < -0.3 is 4.98 Å². The first-order valence-corrected chi connectivity index (χ1v) is 4.04. The third kappa shape index (κ3) is 1.58. The molecule has 3 nitrogen and oxygen atoms in total. The van der Waals surface area contributed by atoms with Gasteiger partial charge >= 0.3 is 6.18 Å². The van der Waals surface area contributed by atoms with E-state index >= 15 is 0 Å². The van der Waals surface area contributed by atoms with Gasteiger partial charge in [-0.15, -0.1) is 0 Å². The molecule has 1 N–H and O–H groups in total. The second-order valence-corrected chi connectivity index (χ2v) is 2.93. The molecule has 0 saturated heterocycles. The molecule has 2 aromatic rings. The molecule has 2 aromatic heterocycles. The number of hydrogen-bond donors (Lipinski definition) is 1. The molecular weight excluding hydrogens is 209 g/mol. The molecule has 0 fully saturated rings. The highest BCUT2D eigenvalue weighted by Gasteiger charge is 2.40. The topological polar surface area (TPSA) is 45.8 Å². The van der Waals surface area contributed by atoms with Crippen molar-refractivity contribution in [1.29, 1.82) is 0 Å². The van der Waals surface area contributed by atoms with Gasteiger partial charge in [0.15, 0.2) is 0 Å². The Balaban J connectivity index is 2.58. The zero-order valence-corrected chi connectivity index (χ0v) is 7.30. The number of nitrogens with zero attached hydrogens (tertiary/aromatic N) is 1. The molecule has 0 aliphatic heterocycles. The summed E-state index contributed by atoms with van der Waals surface area (Å²) >= 11 is 0. The van der Waals surface area contributed by atoms with E-state index in [1.165, 1.54) is 6.20 Å². The number of fused-ring (bicyclic) bond motifs is 1. The van der Waals surface area contributed by atoms with Crippen LogP contribution in [0.3, 0.4) is 0 Å². The molecule has 78 valence electrons. The van der Waals surface area contributed by atoms with Crippen molar-refractivity contribution in [2.24, 2.45) is 0 Å². The average Bonchev–Trinajstić information content (AvgIpc) is 2.58. The van der Waals surface area contributed by atoms with Crippen LogP contribution in [0.4, 0.5) is 13.2 Å². The monoisotopic (exact) mass is 214 g/mol. The van der Waals surface area contributed by atoms with Crippen LogP contribution in [0.15, 0.2) is 24.5 Å². The molecule has 2 rings (SSSR count). The summed E-state index contributed by atoms with van der Waals surface area (Å²) in [5.41, 5.74) is 0.00280. The van der Waals surface area contributed by atoms with Gasteiger partial charge in [-0.2, -0.15) is 13.2 Å². The van der Waals surface area contributed by atoms with Crippen molar-refractivity contribution in [2.75, 3.05) is 0 Å². The van der Waals surface area contributed by atoms with Crippen LogP contribution in [0.2, 0.25) is 0 Å². The minimum absolute atomic E-state index is 0.0415. The van der Waals surface area contributed by atoms with Crippen molar-refractivity contribution >= 4 is 16.8 Å². The lowest BCUT2D eigenvalue weighted by atomic mass is 10.2. The van der Waals surface area contributed by atoms with Crippen LogP contribution in [0.5, 0.6) is 0 Å². The largest absolute Gasteiger partial charge is 0.455 e. The zero-order chi connectivity index (χ0) is 11.1. The minimum atomic E-state index is -4.87. The first-order valence-electron chi connectivity index (χ1n) is 4.04. The molecule has 0 atom stereocenters. The molecule has 2 heterocycles. The van der Waals surface area contributed by atoms with Crippen LogP contribution >= 0.6 is 0 Å². The highest BCUT2D eigenvalue weighted by atomic mass is 19.4. The van der Waals surface area contributed by atoms with E-state index in [0.29, 0.717) is 5.52 Å². The Hall–Kier alpha value is -1.85. The summed E-state index contributed by atoms with van der Waals surface area (Å²) in [6.07, 6.45) is -2.51. The highest BCUT2D eigenvalue weighted by Crippen LogP contribution is 2.25. The van der Waals surface area contributed by atoms with Gasteiger partial charge in [0.05, 0.1) is 16.6 Å². The Bertz CT molecular complexity index is 515. The van der Waals surface area contributed by atoms with E-state index < -0.39 is 17.5 Å². The SMILES string of the molecule is O=C(c1c[nH]c2cccnc12)C(F)(F)F. The summed E-state index contributed by atoms with van der Waals surface area (Å²) in [7, 11) is 0. The van der Waals surface area contributed by atoms with E-state index in [4.69, 9.17) is 0 Å². The van der Waals surface area contributed by atoms with Crippen molar-refractivity contribution in [3.63, 3.8) is 0 Å². The van der Waals surface area contributed by atoms with Crippen LogP contribution < -0.4 is 0 Å². The fraction of sp³-hybridized carbons (Fsp3) is 0.111. The number of hydrogen-bond acceptors (Lipinski definition) is 2. The number of aromatic amines is 1. The van der Waals surface area contributed by atoms with Gasteiger partial charge in [0.25, 0.3) is 5.78 Å². The predicted molar refractivity (Wildman–Crippen MR) is 46.5 cm³/mol. The number of aromatic nitrogens is 2. The summed E-state index contributed by atoms with van der Waals surface area (Å²) < 4.78 is 36.4. The van der Waals surface area contributed by atoms with Crippen molar-refractivity contribution in [3.05, 3.63) is 30.1 Å². The van der Waals surface area contributed by atoms with E-state index in [2.05, 4.69) is 9.97 Å². The standard InChI is InChI=1S/C9H5F3N2O/c10-9(11,12)8(15)5-4-14-6-2-1-3-13-7(5)6/h1-4,14H. The molecule has 0 unspecified atom stereocenters. The van der Waals surface area contributed by atoms with E-state index in [0.717, 1.165) is 6.20 Å². The van der Waals surface area contributed by atoms with Crippen molar-refractivity contribution in [3.8, 4) is 0 Å². The normalized spacial score (nSPS) is 11.9. The summed E-state index contributed by atoms with van der Waals surface area (Å²) in [5, 5.41) is 0. The molecule has 0 aliphatic rings. The third-order valence-corrected chi connectivity index (χ3v) is 1.94. The van der Waals surface area contributed by atoms with Crippen LogP contribution in [0.1, 0.15) is 10.4 Å². The molecule has 15 heavy (non-hydrogen) atoms. The van der Waals surface area contributed by atoms with Crippen molar-refractivity contribution < 1.29 is 18.0 Å². The lowest BCUT2D eigenvalue weighted by Crippen LogP contribution is -2.22. The number of carbonyl (C=O) groups is 1. The van der Waals surface area contributed by atoms with Gasteiger partial charge in [0.2, 0.25) is 0 Å². The maximum atomic E-state index is 12.1. The van der Waals surface area contributed by atoms with Crippen molar-refractivity contribution in [1.82, 2.24) is 9.97 Å². The Morgan fingerprint density at radius 2 is 2.13 bits per heavy atom.